The summed E-state index contributed by atoms with van der Waals surface area (Å²) < 4.78 is 5.71. The highest BCUT2D eigenvalue weighted by molar-refractivity contribution is 6.42. The molecule has 0 bridgehead atoms. The smallest absolute Gasteiger partial charge is 0.261 e. The summed E-state index contributed by atoms with van der Waals surface area (Å²) in [5, 5.41) is 4.39. The fourth-order valence-electron chi connectivity index (χ4n) is 3.14. The fraction of sp³-hybridized carbons (Fsp3) is 0.417. The topological polar surface area (TPSA) is 58.6 Å². The molecule has 1 atom stereocenters. The van der Waals surface area contributed by atoms with Gasteiger partial charge in [-0.1, -0.05) is 47.8 Å². The van der Waals surface area contributed by atoms with Gasteiger partial charge in [-0.25, -0.2) is 0 Å². The van der Waals surface area contributed by atoms with Gasteiger partial charge in [-0.3, -0.25) is 9.59 Å². The van der Waals surface area contributed by atoms with E-state index in [-0.39, 0.29) is 25.0 Å². The number of benzene rings is 2. The van der Waals surface area contributed by atoms with E-state index in [1.165, 1.54) is 4.90 Å². The van der Waals surface area contributed by atoms with Gasteiger partial charge in [-0.2, -0.15) is 0 Å². The molecule has 174 valence electrons. The molecule has 2 aromatic rings. The largest absolute Gasteiger partial charge is 0.484 e. The molecular formula is C24H29Cl3N2O3. The lowest BCUT2D eigenvalue weighted by molar-refractivity contribution is -0.143. The minimum atomic E-state index is -0.674. The molecule has 5 nitrogen and oxygen atoms in total. The van der Waals surface area contributed by atoms with Crippen molar-refractivity contribution in [3.8, 4) is 5.75 Å². The molecule has 0 aliphatic carbocycles. The summed E-state index contributed by atoms with van der Waals surface area (Å²) in [5.41, 5.74) is 1.18. The van der Waals surface area contributed by atoms with Gasteiger partial charge < -0.3 is 15.0 Å². The molecule has 0 unspecified atom stereocenters. The molecule has 1 N–H and O–H groups in total. The van der Waals surface area contributed by atoms with Crippen LogP contribution in [0, 0.1) is 6.92 Å². The van der Waals surface area contributed by atoms with Crippen LogP contribution in [0.2, 0.25) is 15.1 Å². The van der Waals surface area contributed by atoms with E-state index in [1.807, 2.05) is 34.6 Å². The third-order valence-corrected chi connectivity index (χ3v) is 5.88. The number of hydrogen-bond acceptors (Lipinski definition) is 3. The molecule has 32 heavy (non-hydrogen) atoms. The fourth-order valence-corrected chi connectivity index (χ4v) is 3.58. The summed E-state index contributed by atoms with van der Waals surface area (Å²) in [6, 6.07) is 9.67. The monoisotopic (exact) mass is 498 g/mol. The first-order chi connectivity index (χ1) is 14.9. The lowest BCUT2D eigenvalue weighted by Gasteiger charge is -2.33. The maximum absolute atomic E-state index is 13.2. The summed E-state index contributed by atoms with van der Waals surface area (Å²) in [4.78, 5) is 27.7. The second-order valence-corrected chi connectivity index (χ2v) is 9.85. The predicted octanol–water partition coefficient (Wildman–Crippen LogP) is 6.06. The number of halogens is 3. The van der Waals surface area contributed by atoms with Crippen LogP contribution in [0.5, 0.6) is 5.75 Å². The van der Waals surface area contributed by atoms with Crippen molar-refractivity contribution in [1.29, 1.82) is 0 Å². The molecule has 0 radical (unpaired) electrons. The Balaban J connectivity index is 2.27. The highest BCUT2D eigenvalue weighted by Crippen LogP contribution is 2.25. The molecule has 0 saturated carbocycles. The van der Waals surface area contributed by atoms with E-state index in [9.17, 15) is 9.59 Å². The summed E-state index contributed by atoms with van der Waals surface area (Å²) in [6.45, 7) is 9.39. The number of rotatable bonds is 8. The Labute approximate surface area is 205 Å². The van der Waals surface area contributed by atoms with Crippen molar-refractivity contribution >= 4 is 46.6 Å². The summed E-state index contributed by atoms with van der Waals surface area (Å²) in [7, 11) is 0. The Morgan fingerprint density at radius 2 is 1.69 bits per heavy atom. The van der Waals surface area contributed by atoms with Crippen LogP contribution in [0.1, 0.15) is 45.2 Å². The normalized spacial score (nSPS) is 12.2. The van der Waals surface area contributed by atoms with Crippen molar-refractivity contribution in [2.75, 3.05) is 6.61 Å². The van der Waals surface area contributed by atoms with Gasteiger partial charge in [0.25, 0.3) is 5.91 Å². The van der Waals surface area contributed by atoms with Crippen LogP contribution in [0.25, 0.3) is 0 Å². The first-order valence-corrected chi connectivity index (χ1v) is 11.5. The van der Waals surface area contributed by atoms with E-state index in [4.69, 9.17) is 39.5 Å². The van der Waals surface area contributed by atoms with Gasteiger partial charge >= 0.3 is 0 Å². The quantitative estimate of drug-likeness (QED) is 0.480. The molecule has 0 spiro atoms. The standard InChI is InChI=1S/C24H29Cl3N2O3/c1-6-21(23(31)28-24(3,4)5)29(13-16-7-9-19(26)20(27)12-16)22(30)14-32-17-8-10-18(25)15(2)11-17/h7-12,21H,6,13-14H2,1-5H3,(H,28,31)/t21-/m0/s1. The van der Waals surface area contributed by atoms with E-state index in [0.717, 1.165) is 11.1 Å². The zero-order valence-corrected chi connectivity index (χ0v) is 21.2. The number of aryl methyl sites for hydroxylation is 1. The van der Waals surface area contributed by atoms with Crippen molar-refractivity contribution < 1.29 is 14.3 Å². The number of carbonyl (C=O) groups excluding carboxylic acids is 2. The lowest BCUT2D eigenvalue weighted by atomic mass is 10.1. The van der Waals surface area contributed by atoms with Crippen LogP contribution in [-0.4, -0.2) is 34.9 Å². The van der Waals surface area contributed by atoms with Crippen LogP contribution in [0.3, 0.4) is 0 Å². The van der Waals surface area contributed by atoms with Gasteiger partial charge in [0.2, 0.25) is 5.91 Å². The Bertz CT molecular complexity index is 973. The second-order valence-electron chi connectivity index (χ2n) is 8.63. The average Bonchev–Trinajstić information content (AvgIpc) is 2.69. The van der Waals surface area contributed by atoms with Crippen molar-refractivity contribution in [3.05, 3.63) is 62.6 Å². The van der Waals surface area contributed by atoms with Crippen molar-refractivity contribution in [2.24, 2.45) is 0 Å². The third kappa shape index (κ3) is 7.58. The Morgan fingerprint density at radius 3 is 2.25 bits per heavy atom. The van der Waals surface area contributed by atoms with Crippen molar-refractivity contribution in [1.82, 2.24) is 10.2 Å². The van der Waals surface area contributed by atoms with Crippen LogP contribution in [0.4, 0.5) is 0 Å². The molecule has 0 aromatic heterocycles. The van der Waals surface area contributed by atoms with Crippen molar-refractivity contribution in [2.45, 2.75) is 59.2 Å². The predicted molar refractivity (Wildman–Crippen MR) is 131 cm³/mol. The van der Waals surface area contributed by atoms with Gasteiger partial charge in [0, 0.05) is 17.1 Å². The molecule has 0 aliphatic rings. The molecule has 0 saturated heterocycles. The average molecular weight is 500 g/mol. The van der Waals surface area contributed by atoms with Gasteiger partial charge in [0.05, 0.1) is 10.0 Å². The highest BCUT2D eigenvalue weighted by atomic mass is 35.5. The minimum Gasteiger partial charge on any atom is -0.484 e. The van der Waals surface area contributed by atoms with Crippen LogP contribution in [0.15, 0.2) is 36.4 Å². The summed E-state index contributed by atoms with van der Waals surface area (Å²) >= 11 is 18.2. The van der Waals surface area contributed by atoms with Gasteiger partial charge in [0.15, 0.2) is 6.61 Å². The zero-order valence-electron chi connectivity index (χ0n) is 19.0. The second kappa shape index (κ2) is 11.3. The molecule has 2 amide bonds. The maximum atomic E-state index is 13.2. The summed E-state index contributed by atoms with van der Waals surface area (Å²) in [6.07, 6.45) is 0.440. The Hall–Kier alpha value is -1.95. The van der Waals surface area contributed by atoms with Gasteiger partial charge in [-0.15, -0.1) is 0 Å². The van der Waals surface area contributed by atoms with E-state index in [2.05, 4.69) is 5.32 Å². The minimum absolute atomic E-state index is 0.189. The van der Waals surface area contributed by atoms with Crippen LogP contribution < -0.4 is 10.1 Å². The molecule has 8 heteroatoms. The third-order valence-electron chi connectivity index (χ3n) is 4.71. The number of nitrogens with one attached hydrogen (secondary N) is 1. The van der Waals surface area contributed by atoms with Crippen molar-refractivity contribution in [3.63, 3.8) is 0 Å². The number of amides is 2. The van der Waals surface area contributed by atoms with E-state index in [0.29, 0.717) is 27.2 Å². The van der Waals surface area contributed by atoms with E-state index >= 15 is 0 Å². The molecule has 0 aliphatic heterocycles. The molecule has 0 heterocycles. The number of carbonyl (C=O) groups is 2. The number of nitrogens with zero attached hydrogens (tertiary/aromatic N) is 1. The van der Waals surface area contributed by atoms with Crippen LogP contribution >= 0.6 is 34.8 Å². The van der Waals surface area contributed by atoms with E-state index < -0.39 is 11.6 Å². The SMILES string of the molecule is CC[C@@H](C(=O)NC(C)(C)C)N(Cc1ccc(Cl)c(Cl)c1)C(=O)COc1ccc(Cl)c(C)c1. The van der Waals surface area contributed by atoms with Gasteiger partial charge in [0.1, 0.15) is 11.8 Å². The lowest BCUT2D eigenvalue weighted by Crippen LogP contribution is -2.54. The Kier molecular flexibility index (Phi) is 9.26. The maximum Gasteiger partial charge on any atom is 0.261 e. The van der Waals surface area contributed by atoms with Gasteiger partial charge in [-0.05, 0) is 75.6 Å². The molecular weight excluding hydrogens is 471 g/mol. The Morgan fingerprint density at radius 1 is 1.03 bits per heavy atom. The zero-order chi connectivity index (χ0) is 24.1. The van der Waals surface area contributed by atoms with Crippen LogP contribution in [-0.2, 0) is 16.1 Å². The first-order valence-electron chi connectivity index (χ1n) is 10.4. The summed E-state index contributed by atoms with van der Waals surface area (Å²) in [5.74, 6) is -0.0164. The van der Waals surface area contributed by atoms with E-state index in [1.54, 1.807) is 36.4 Å². The number of hydrogen-bond donors (Lipinski definition) is 1. The molecule has 2 rings (SSSR count). The number of ether oxygens (including phenoxy) is 1. The molecule has 2 aromatic carbocycles. The highest BCUT2D eigenvalue weighted by Gasteiger charge is 2.31. The first kappa shape index (κ1) is 26.3. The molecule has 0 fully saturated rings.